The van der Waals surface area contributed by atoms with Crippen molar-refractivity contribution < 1.29 is 9.53 Å². The van der Waals surface area contributed by atoms with Gasteiger partial charge in [0, 0.05) is 72.1 Å². The monoisotopic (exact) mass is 529 g/mol. The zero-order valence-corrected chi connectivity index (χ0v) is 20.6. The van der Waals surface area contributed by atoms with Gasteiger partial charge in [-0.3, -0.25) is 9.79 Å². The lowest BCUT2D eigenvalue weighted by Crippen LogP contribution is -2.49. The summed E-state index contributed by atoms with van der Waals surface area (Å²) in [5, 5.41) is 3.30. The number of carbonyl (C=O) groups is 1. The number of guanidine groups is 1. The number of anilines is 1. The van der Waals surface area contributed by atoms with Crippen LogP contribution in [0.5, 0.6) is 0 Å². The Kier molecular flexibility index (Phi) is 10.7. The van der Waals surface area contributed by atoms with Crippen LogP contribution in [0.2, 0.25) is 0 Å². The summed E-state index contributed by atoms with van der Waals surface area (Å²) >= 11 is 0. The number of nitrogens with zero attached hydrogens (tertiary/aromatic N) is 4. The molecule has 1 aliphatic heterocycles. The number of amides is 1. The number of likely N-dealkylation sites (N-methyl/N-ethyl adjacent to an activating group) is 1. The molecule has 8 heteroatoms. The van der Waals surface area contributed by atoms with Gasteiger partial charge in [0.15, 0.2) is 5.96 Å². The molecule has 0 bridgehead atoms. The second-order valence-corrected chi connectivity index (χ2v) is 7.87. The SMILES string of the molecule is CN=C(NCCC(=O)N1CCN(c2ccccc2)CC1)N(C)CCOCC1CC1.I. The van der Waals surface area contributed by atoms with E-state index >= 15 is 0 Å². The number of rotatable bonds is 9. The largest absolute Gasteiger partial charge is 0.379 e. The molecule has 0 aromatic heterocycles. The molecule has 2 aliphatic rings. The van der Waals surface area contributed by atoms with Crippen molar-refractivity contribution >= 4 is 41.5 Å². The lowest BCUT2D eigenvalue weighted by molar-refractivity contribution is -0.131. The lowest BCUT2D eigenvalue weighted by Gasteiger charge is -2.36. The van der Waals surface area contributed by atoms with Gasteiger partial charge >= 0.3 is 0 Å². The second-order valence-electron chi connectivity index (χ2n) is 7.87. The number of aliphatic imine (C=N–C) groups is 1. The fraction of sp³-hybridized carbons (Fsp3) is 0.636. The van der Waals surface area contributed by atoms with Crippen molar-refractivity contribution in [3.05, 3.63) is 30.3 Å². The van der Waals surface area contributed by atoms with Gasteiger partial charge in [0.25, 0.3) is 0 Å². The Morgan fingerprint density at radius 1 is 1.20 bits per heavy atom. The molecule has 0 radical (unpaired) electrons. The minimum absolute atomic E-state index is 0. The molecule has 0 atom stereocenters. The standard InChI is InChI=1S/C22H35N5O2.HI/c1-23-22(25(2)16-17-29-18-19-8-9-19)24-11-10-21(28)27-14-12-26(13-15-27)20-6-4-3-5-7-20;/h3-7,19H,8-18H2,1-2H3,(H,23,24);1H. The zero-order valence-electron chi connectivity index (χ0n) is 18.3. The molecule has 1 saturated heterocycles. The molecular weight excluding hydrogens is 493 g/mol. The van der Waals surface area contributed by atoms with E-state index in [-0.39, 0.29) is 29.9 Å². The van der Waals surface area contributed by atoms with Crippen LogP contribution in [0.15, 0.2) is 35.3 Å². The minimum Gasteiger partial charge on any atom is -0.379 e. The molecule has 0 spiro atoms. The molecule has 30 heavy (non-hydrogen) atoms. The topological polar surface area (TPSA) is 60.4 Å². The van der Waals surface area contributed by atoms with Gasteiger partial charge in [-0.05, 0) is 30.9 Å². The third kappa shape index (κ3) is 7.94. The Labute approximate surface area is 197 Å². The van der Waals surface area contributed by atoms with E-state index in [1.807, 2.05) is 18.0 Å². The predicted molar refractivity (Wildman–Crippen MR) is 133 cm³/mol. The Morgan fingerprint density at radius 2 is 1.90 bits per heavy atom. The summed E-state index contributed by atoms with van der Waals surface area (Å²) in [5.74, 6) is 1.80. The molecule has 1 amide bonds. The summed E-state index contributed by atoms with van der Waals surface area (Å²) in [4.78, 5) is 23.2. The molecule has 7 nitrogen and oxygen atoms in total. The van der Waals surface area contributed by atoms with E-state index < -0.39 is 0 Å². The van der Waals surface area contributed by atoms with Crippen LogP contribution in [-0.2, 0) is 9.53 Å². The Hall–Kier alpha value is -1.55. The highest BCUT2D eigenvalue weighted by Crippen LogP contribution is 2.28. The first-order valence-electron chi connectivity index (χ1n) is 10.7. The lowest BCUT2D eigenvalue weighted by atomic mass is 10.2. The maximum atomic E-state index is 12.6. The van der Waals surface area contributed by atoms with Crippen LogP contribution in [-0.4, -0.2) is 88.2 Å². The number of benzene rings is 1. The van der Waals surface area contributed by atoms with Crippen molar-refractivity contribution in [1.29, 1.82) is 0 Å². The Balaban J connectivity index is 0.00000320. The van der Waals surface area contributed by atoms with Gasteiger partial charge in [0.2, 0.25) is 5.91 Å². The number of hydrogen-bond acceptors (Lipinski definition) is 4. The normalized spacial score (nSPS) is 16.8. The molecule has 1 aromatic carbocycles. The second kappa shape index (κ2) is 13.0. The number of nitrogens with one attached hydrogen (secondary N) is 1. The average Bonchev–Trinajstić information content (AvgIpc) is 3.59. The van der Waals surface area contributed by atoms with E-state index in [9.17, 15) is 4.79 Å². The molecule has 0 unspecified atom stereocenters. The maximum Gasteiger partial charge on any atom is 0.224 e. The highest BCUT2D eigenvalue weighted by atomic mass is 127. The highest BCUT2D eigenvalue weighted by molar-refractivity contribution is 14.0. The zero-order chi connectivity index (χ0) is 20.5. The summed E-state index contributed by atoms with van der Waals surface area (Å²) in [6, 6.07) is 10.4. The first-order chi connectivity index (χ1) is 14.2. The number of para-hydroxylation sites is 1. The number of carbonyl (C=O) groups excluding carboxylic acids is 1. The number of halogens is 1. The van der Waals surface area contributed by atoms with Crippen molar-refractivity contribution in [3.63, 3.8) is 0 Å². The molecule has 3 rings (SSSR count). The molecule has 1 N–H and O–H groups in total. The van der Waals surface area contributed by atoms with E-state index in [4.69, 9.17) is 4.74 Å². The Morgan fingerprint density at radius 3 is 2.53 bits per heavy atom. The fourth-order valence-electron chi connectivity index (χ4n) is 3.52. The first kappa shape index (κ1) is 24.7. The summed E-state index contributed by atoms with van der Waals surface area (Å²) < 4.78 is 5.70. The van der Waals surface area contributed by atoms with Gasteiger partial charge in [0.05, 0.1) is 6.61 Å². The maximum absolute atomic E-state index is 12.6. The van der Waals surface area contributed by atoms with Gasteiger partial charge in [0.1, 0.15) is 0 Å². The Bertz CT molecular complexity index is 661. The van der Waals surface area contributed by atoms with E-state index in [0.717, 1.165) is 51.2 Å². The van der Waals surface area contributed by atoms with Crippen molar-refractivity contribution in [2.75, 3.05) is 71.5 Å². The molecule has 1 saturated carbocycles. The number of piperazine rings is 1. The van der Waals surface area contributed by atoms with Gasteiger partial charge < -0.3 is 24.8 Å². The smallest absolute Gasteiger partial charge is 0.224 e. The van der Waals surface area contributed by atoms with E-state index in [2.05, 4.69) is 44.4 Å². The van der Waals surface area contributed by atoms with Gasteiger partial charge in [-0.2, -0.15) is 0 Å². The summed E-state index contributed by atoms with van der Waals surface area (Å²) in [7, 11) is 3.77. The number of hydrogen-bond donors (Lipinski definition) is 1. The van der Waals surface area contributed by atoms with Crippen LogP contribution in [0.1, 0.15) is 19.3 Å². The molecular formula is C22H36IN5O2. The van der Waals surface area contributed by atoms with Crippen LogP contribution in [0, 0.1) is 5.92 Å². The van der Waals surface area contributed by atoms with E-state index in [1.165, 1.54) is 18.5 Å². The van der Waals surface area contributed by atoms with Crippen molar-refractivity contribution in [1.82, 2.24) is 15.1 Å². The van der Waals surface area contributed by atoms with Crippen molar-refractivity contribution in [2.45, 2.75) is 19.3 Å². The van der Waals surface area contributed by atoms with Crippen LogP contribution >= 0.6 is 24.0 Å². The summed E-state index contributed by atoms with van der Waals surface area (Å²) in [6.45, 7) is 6.30. The quantitative estimate of drug-likeness (QED) is 0.230. The van der Waals surface area contributed by atoms with Gasteiger partial charge in [-0.25, -0.2) is 0 Å². The van der Waals surface area contributed by atoms with E-state index in [1.54, 1.807) is 7.05 Å². The van der Waals surface area contributed by atoms with Crippen LogP contribution in [0.4, 0.5) is 5.69 Å². The molecule has 1 aromatic rings. The molecule has 1 aliphatic carbocycles. The van der Waals surface area contributed by atoms with Gasteiger partial charge in [-0.1, -0.05) is 18.2 Å². The fourth-order valence-corrected chi connectivity index (χ4v) is 3.52. The van der Waals surface area contributed by atoms with E-state index in [0.29, 0.717) is 19.6 Å². The highest BCUT2D eigenvalue weighted by Gasteiger charge is 2.22. The third-order valence-corrected chi connectivity index (χ3v) is 5.57. The summed E-state index contributed by atoms with van der Waals surface area (Å²) in [5.41, 5.74) is 1.23. The molecule has 2 fully saturated rings. The summed E-state index contributed by atoms with van der Waals surface area (Å²) in [6.07, 6.45) is 3.11. The van der Waals surface area contributed by atoms with Crippen LogP contribution in [0.3, 0.4) is 0 Å². The first-order valence-corrected chi connectivity index (χ1v) is 10.7. The number of ether oxygens (including phenoxy) is 1. The van der Waals surface area contributed by atoms with Crippen molar-refractivity contribution in [2.24, 2.45) is 10.9 Å². The predicted octanol–water partition coefficient (Wildman–Crippen LogP) is 2.28. The minimum atomic E-state index is 0. The van der Waals surface area contributed by atoms with Crippen LogP contribution in [0.25, 0.3) is 0 Å². The molecule has 1 heterocycles. The third-order valence-electron chi connectivity index (χ3n) is 5.57. The van der Waals surface area contributed by atoms with Gasteiger partial charge in [-0.15, -0.1) is 24.0 Å². The van der Waals surface area contributed by atoms with Crippen LogP contribution < -0.4 is 10.2 Å². The molecule has 168 valence electrons. The average molecular weight is 529 g/mol. The van der Waals surface area contributed by atoms with Crippen molar-refractivity contribution in [3.8, 4) is 0 Å².